The van der Waals surface area contributed by atoms with Crippen LogP contribution in [0, 0.1) is 5.92 Å². The fraction of sp³-hybridized carbons (Fsp3) is 0.923. The Morgan fingerprint density at radius 2 is 2.00 bits per heavy atom. The maximum atomic E-state index is 12.4. The van der Waals surface area contributed by atoms with E-state index in [0.717, 1.165) is 25.8 Å². The van der Waals surface area contributed by atoms with Crippen molar-refractivity contribution in [1.82, 2.24) is 9.80 Å². The number of carbonyl (C=O) groups is 1. The van der Waals surface area contributed by atoms with E-state index in [1.54, 1.807) is 0 Å². The standard InChI is InChI=1S/C13H24N2O2/c1-14(2)8-11-7-12(16)9-15(11)13(17)10-5-3-4-6-10/h10-12,16H,3-9H2,1-2H3. The molecule has 0 aromatic heterocycles. The summed E-state index contributed by atoms with van der Waals surface area (Å²) in [6.45, 7) is 1.39. The molecule has 2 fully saturated rings. The number of nitrogens with zero attached hydrogens (tertiary/aromatic N) is 2. The summed E-state index contributed by atoms with van der Waals surface area (Å²) < 4.78 is 0. The molecule has 0 aromatic rings. The van der Waals surface area contributed by atoms with Gasteiger partial charge in [0.25, 0.3) is 0 Å². The molecule has 98 valence electrons. The number of hydrogen-bond donors (Lipinski definition) is 1. The SMILES string of the molecule is CN(C)CC1CC(O)CN1C(=O)C1CCCC1. The van der Waals surface area contributed by atoms with Gasteiger partial charge in [0, 0.05) is 25.0 Å². The second kappa shape index (κ2) is 5.36. The number of aliphatic hydroxyl groups is 1. The van der Waals surface area contributed by atoms with Crippen LogP contribution in [0.4, 0.5) is 0 Å². The van der Waals surface area contributed by atoms with Gasteiger partial charge < -0.3 is 14.9 Å². The molecule has 2 atom stereocenters. The van der Waals surface area contributed by atoms with Crippen LogP contribution in [0.1, 0.15) is 32.1 Å². The Labute approximate surface area is 104 Å². The van der Waals surface area contributed by atoms with Crippen LogP contribution in [0.2, 0.25) is 0 Å². The third-order valence-corrected chi connectivity index (χ3v) is 3.96. The molecule has 0 spiro atoms. The van der Waals surface area contributed by atoms with Crippen LogP contribution in [-0.4, -0.2) is 60.1 Å². The first kappa shape index (κ1) is 12.8. The van der Waals surface area contributed by atoms with E-state index in [-0.39, 0.29) is 24.0 Å². The quantitative estimate of drug-likeness (QED) is 0.790. The Morgan fingerprint density at radius 3 is 2.59 bits per heavy atom. The van der Waals surface area contributed by atoms with Gasteiger partial charge in [-0.3, -0.25) is 4.79 Å². The molecule has 2 aliphatic rings. The topological polar surface area (TPSA) is 43.8 Å². The summed E-state index contributed by atoms with van der Waals surface area (Å²) >= 11 is 0. The summed E-state index contributed by atoms with van der Waals surface area (Å²) in [5.41, 5.74) is 0. The lowest BCUT2D eigenvalue weighted by molar-refractivity contribution is -0.136. The Morgan fingerprint density at radius 1 is 1.35 bits per heavy atom. The van der Waals surface area contributed by atoms with Crippen molar-refractivity contribution in [2.24, 2.45) is 5.92 Å². The van der Waals surface area contributed by atoms with Crippen LogP contribution < -0.4 is 0 Å². The molecule has 1 saturated heterocycles. The van der Waals surface area contributed by atoms with E-state index in [4.69, 9.17) is 0 Å². The van der Waals surface area contributed by atoms with E-state index < -0.39 is 0 Å². The Balaban J connectivity index is 1.98. The van der Waals surface area contributed by atoms with Crippen molar-refractivity contribution in [3.8, 4) is 0 Å². The molecule has 0 bridgehead atoms. The maximum Gasteiger partial charge on any atom is 0.226 e. The molecule has 4 nitrogen and oxygen atoms in total. The molecule has 0 aromatic carbocycles. The molecule has 2 unspecified atom stereocenters. The van der Waals surface area contributed by atoms with Crippen LogP contribution >= 0.6 is 0 Å². The highest BCUT2D eigenvalue weighted by atomic mass is 16.3. The molecule has 1 amide bonds. The predicted octanol–water partition coefficient (Wildman–Crippen LogP) is 0.700. The number of β-amino-alcohol motifs (C(OH)–C–C–N with tert-alkyl or cyclic N) is 1. The van der Waals surface area contributed by atoms with E-state index in [1.807, 2.05) is 19.0 Å². The Bertz CT molecular complexity index is 275. The van der Waals surface area contributed by atoms with E-state index in [0.29, 0.717) is 6.54 Å². The van der Waals surface area contributed by atoms with Crippen molar-refractivity contribution < 1.29 is 9.90 Å². The van der Waals surface area contributed by atoms with Crippen molar-refractivity contribution in [2.75, 3.05) is 27.2 Å². The van der Waals surface area contributed by atoms with Crippen molar-refractivity contribution >= 4 is 5.91 Å². The summed E-state index contributed by atoms with van der Waals surface area (Å²) in [4.78, 5) is 16.4. The number of aliphatic hydroxyl groups excluding tert-OH is 1. The fourth-order valence-electron chi connectivity index (χ4n) is 3.16. The van der Waals surface area contributed by atoms with Crippen molar-refractivity contribution in [3.05, 3.63) is 0 Å². The molecule has 1 saturated carbocycles. The number of rotatable bonds is 3. The van der Waals surface area contributed by atoms with E-state index in [2.05, 4.69) is 4.90 Å². The summed E-state index contributed by atoms with van der Waals surface area (Å²) in [6.07, 6.45) is 4.86. The van der Waals surface area contributed by atoms with Crippen LogP contribution in [0.3, 0.4) is 0 Å². The first-order valence-electron chi connectivity index (χ1n) is 6.71. The highest BCUT2D eigenvalue weighted by Gasteiger charge is 2.37. The molecule has 1 N–H and O–H groups in total. The largest absolute Gasteiger partial charge is 0.391 e. The lowest BCUT2D eigenvalue weighted by atomic mass is 10.1. The normalized spacial score (nSPS) is 30.5. The number of amides is 1. The molecule has 1 heterocycles. The van der Waals surface area contributed by atoms with Gasteiger partial charge in [0.1, 0.15) is 0 Å². The van der Waals surface area contributed by atoms with E-state index in [9.17, 15) is 9.90 Å². The van der Waals surface area contributed by atoms with Gasteiger partial charge in [-0.25, -0.2) is 0 Å². The van der Waals surface area contributed by atoms with Crippen LogP contribution in [0.5, 0.6) is 0 Å². The first-order valence-corrected chi connectivity index (χ1v) is 6.71. The summed E-state index contributed by atoms with van der Waals surface area (Å²) in [5, 5.41) is 9.76. The van der Waals surface area contributed by atoms with E-state index in [1.165, 1.54) is 12.8 Å². The number of hydrogen-bond acceptors (Lipinski definition) is 3. The molecule has 1 aliphatic carbocycles. The van der Waals surface area contributed by atoms with Crippen LogP contribution in [-0.2, 0) is 4.79 Å². The fourth-order valence-corrected chi connectivity index (χ4v) is 3.16. The second-order valence-corrected chi connectivity index (χ2v) is 5.78. The number of carbonyl (C=O) groups excluding carboxylic acids is 1. The minimum Gasteiger partial charge on any atom is -0.391 e. The summed E-state index contributed by atoms with van der Waals surface area (Å²) in [7, 11) is 4.03. The van der Waals surface area contributed by atoms with Gasteiger partial charge in [-0.15, -0.1) is 0 Å². The average molecular weight is 240 g/mol. The minimum atomic E-state index is -0.328. The van der Waals surface area contributed by atoms with Crippen molar-refractivity contribution in [1.29, 1.82) is 0 Å². The first-order chi connectivity index (χ1) is 8.08. The lowest BCUT2D eigenvalue weighted by Crippen LogP contribution is -2.43. The average Bonchev–Trinajstić information content (AvgIpc) is 2.85. The van der Waals surface area contributed by atoms with Crippen molar-refractivity contribution in [3.63, 3.8) is 0 Å². The van der Waals surface area contributed by atoms with Gasteiger partial charge in [0.15, 0.2) is 0 Å². The zero-order chi connectivity index (χ0) is 12.4. The second-order valence-electron chi connectivity index (χ2n) is 5.78. The molecule has 2 rings (SSSR count). The zero-order valence-corrected chi connectivity index (χ0v) is 10.9. The molecule has 0 radical (unpaired) electrons. The van der Waals surface area contributed by atoms with Gasteiger partial charge in [-0.1, -0.05) is 12.8 Å². The van der Waals surface area contributed by atoms with Gasteiger partial charge in [0.2, 0.25) is 5.91 Å². The third-order valence-electron chi connectivity index (χ3n) is 3.96. The van der Waals surface area contributed by atoms with Gasteiger partial charge in [-0.2, -0.15) is 0 Å². The molecular formula is C13H24N2O2. The molecule has 17 heavy (non-hydrogen) atoms. The molecule has 1 aliphatic heterocycles. The number of likely N-dealkylation sites (N-methyl/N-ethyl adjacent to an activating group) is 1. The molecular weight excluding hydrogens is 216 g/mol. The summed E-state index contributed by atoms with van der Waals surface area (Å²) in [6, 6.07) is 0.202. The van der Waals surface area contributed by atoms with Gasteiger partial charge in [-0.05, 0) is 33.4 Å². The minimum absolute atomic E-state index is 0.202. The number of likely N-dealkylation sites (tertiary alicyclic amines) is 1. The molecule has 4 heteroatoms. The summed E-state index contributed by atoms with van der Waals surface area (Å²) in [5.74, 6) is 0.510. The highest BCUT2D eigenvalue weighted by molar-refractivity contribution is 5.79. The van der Waals surface area contributed by atoms with Gasteiger partial charge >= 0.3 is 0 Å². The Kier molecular flexibility index (Phi) is 4.05. The smallest absolute Gasteiger partial charge is 0.226 e. The monoisotopic (exact) mass is 240 g/mol. The zero-order valence-electron chi connectivity index (χ0n) is 10.9. The highest BCUT2D eigenvalue weighted by Crippen LogP contribution is 2.29. The maximum absolute atomic E-state index is 12.4. The lowest BCUT2D eigenvalue weighted by Gasteiger charge is -2.29. The van der Waals surface area contributed by atoms with Gasteiger partial charge in [0.05, 0.1) is 6.10 Å². The Hall–Kier alpha value is -0.610. The van der Waals surface area contributed by atoms with Crippen LogP contribution in [0.25, 0.3) is 0 Å². The van der Waals surface area contributed by atoms with Crippen LogP contribution in [0.15, 0.2) is 0 Å². The van der Waals surface area contributed by atoms with Crippen molar-refractivity contribution in [2.45, 2.75) is 44.2 Å². The third kappa shape index (κ3) is 2.99. The predicted molar refractivity (Wildman–Crippen MR) is 66.6 cm³/mol. The van der Waals surface area contributed by atoms with E-state index >= 15 is 0 Å².